The van der Waals surface area contributed by atoms with Gasteiger partial charge in [0.2, 0.25) is 0 Å². The van der Waals surface area contributed by atoms with Crippen molar-refractivity contribution < 1.29 is 0 Å². The fourth-order valence-corrected chi connectivity index (χ4v) is 4.09. The normalized spacial score (nSPS) is 13.6. The first kappa shape index (κ1) is 15.1. The maximum atomic E-state index is 9.70. The molecule has 0 bridgehead atoms. The summed E-state index contributed by atoms with van der Waals surface area (Å²) in [4.78, 5) is 0. The SMILES string of the molecule is CCNC(C#N)(CCSc1cccs1)c1ccccc1. The maximum Gasteiger partial charge on any atom is 0.133 e. The molecule has 0 saturated heterocycles. The van der Waals surface area contributed by atoms with Crippen molar-refractivity contribution in [1.82, 2.24) is 5.32 Å². The number of nitriles is 1. The van der Waals surface area contributed by atoms with Gasteiger partial charge in [0.25, 0.3) is 0 Å². The minimum absolute atomic E-state index is 0.583. The third-order valence-corrected chi connectivity index (χ3v) is 5.29. The molecule has 1 heterocycles. The first-order valence-corrected chi connectivity index (χ1v) is 8.55. The molecule has 0 amide bonds. The lowest BCUT2D eigenvalue weighted by Gasteiger charge is -2.28. The molecule has 2 nitrogen and oxygen atoms in total. The summed E-state index contributed by atoms with van der Waals surface area (Å²) in [5, 5.41) is 15.2. The van der Waals surface area contributed by atoms with E-state index >= 15 is 0 Å². The standard InChI is InChI=1S/C16H18N2S2/c1-2-18-16(13-17,14-7-4-3-5-8-14)10-12-20-15-9-6-11-19-15/h3-9,11,18H,2,10,12H2,1H3. The van der Waals surface area contributed by atoms with E-state index in [-0.39, 0.29) is 0 Å². The Bertz CT molecular complexity index is 546. The van der Waals surface area contributed by atoms with Crippen molar-refractivity contribution in [1.29, 1.82) is 5.26 Å². The molecule has 1 atom stereocenters. The Balaban J connectivity index is 2.09. The summed E-state index contributed by atoms with van der Waals surface area (Å²) in [6, 6.07) is 16.7. The quantitative estimate of drug-likeness (QED) is 0.776. The van der Waals surface area contributed by atoms with Crippen LogP contribution in [0.15, 0.2) is 52.1 Å². The minimum atomic E-state index is -0.583. The van der Waals surface area contributed by atoms with Gasteiger partial charge in [-0.1, -0.05) is 43.3 Å². The third kappa shape index (κ3) is 3.63. The summed E-state index contributed by atoms with van der Waals surface area (Å²) in [5.41, 5.74) is 0.469. The van der Waals surface area contributed by atoms with Crippen LogP contribution in [0.2, 0.25) is 0 Å². The molecule has 1 aromatic heterocycles. The van der Waals surface area contributed by atoms with E-state index in [0.29, 0.717) is 0 Å². The van der Waals surface area contributed by atoms with Crippen molar-refractivity contribution in [3.63, 3.8) is 0 Å². The highest BCUT2D eigenvalue weighted by atomic mass is 32.2. The van der Waals surface area contributed by atoms with Gasteiger partial charge < -0.3 is 0 Å². The molecule has 1 N–H and O–H groups in total. The van der Waals surface area contributed by atoms with Crippen LogP contribution in [0.5, 0.6) is 0 Å². The maximum absolute atomic E-state index is 9.70. The molecule has 0 radical (unpaired) electrons. The number of nitrogens with one attached hydrogen (secondary N) is 1. The number of rotatable bonds is 7. The van der Waals surface area contributed by atoms with E-state index in [0.717, 1.165) is 24.3 Å². The first-order chi connectivity index (χ1) is 9.80. The van der Waals surface area contributed by atoms with Crippen molar-refractivity contribution in [3.05, 3.63) is 53.4 Å². The van der Waals surface area contributed by atoms with Crippen LogP contribution in [0.4, 0.5) is 0 Å². The topological polar surface area (TPSA) is 35.8 Å². The highest BCUT2D eigenvalue weighted by Crippen LogP contribution is 2.30. The predicted octanol–water partition coefficient (Wildman–Crippen LogP) is 4.26. The second-order valence-corrected chi connectivity index (χ2v) is 6.79. The van der Waals surface area contributed by atoms with E-state index in [2.05, 4.69) is 28.9 Å². The van der Waals surface area contributed by atoms with Gasteiger partial charge in [-0.15, -0.1) is 23.1 Å². The van der Waals surface area contributed by atoms with Gasteiger partial charge >= 0.3 is 0 Å². The van der Waals surface area contributed by atoms with Crippen molar-refractivity contribution >= 4 is 23.1 Å². The molecule has 0 aliphatic heterocycles. The molecule has 2 aromatic rings. The second-order valence-electron chi connectivity index (χ2n) is 4.44. The van der Waals surface area contributed by atoms with Crippen LogP contribution in [0.1, 0.15) is 18.9 Å². The highest BCUT2D eigenvalue weighted by Gasteiger charge is 2.30. The van der Waals surface area contributed by atoms with Gasteiger partial charge in [0, 0.05) is 5.75 Å². The van der Waals surface area contributed by atoms with Gasteiger partial charge in [0.05, 0.1) is 10.3 Å². The fourth-order valence-electron chi connectivity index (χ4n) is 2.17. The molecule has 1 aromatic carbocycles. The first-order valence-electron chi connectivity index (χ1n) is 6.69. The van der Waals surface area contributed by atoms with E-state index in [9.17, 15) is 5.26 Å². The molecule has 1 unspecified atom stereocenters. The Kier molecular flexibility index (Phi) is 5.66. The Morgan fingerprint density at radius 1 is 1.25 bits per heavy atom. The molecular weight excluding hydrogens is 284 g/mol. The summed E-state index contributed by atoms with van der Waals surface area (Å²) in [5.74, 6) is 0.927. The number of thioether (sulfide) groups is 1. The molecule has 0 fully saturated rings. The van der Waals surface area contributed by atoms with Crippen LogP contribution in [0, 0.1) is 11.3 Å². The van der Waals surface area contributed by atoms with Gasteiger partial charge in [0.1, 0.15) is 5.54 Å². The summed E-state index contributed by atoms with van der Waals surface area (Å²) < 4.78 is 1.31. The van der Waals surface area contributed by atoms with Crippen LogP contribution in [-0.2, 0) is 5.54 Å². The number of thiophene rings is 1. The van der Waals surface area contributed by atoms with Crippen molar-refractivity contribution in [2.75, 3.05) is 12.3 Å². The summed E-state index contributed by atoms with van der Waals surface area (Å²) in [6.45, 7) is 2.83. The lowest BCUT2D eigenvalue weighted by Crippen LogP contribution is -2.41. The van der Waals surface area contributed by atoms with Gasteiger partial charge in [-0.2, -0.15) is 5.26 Å². The lowest BCUT2D eigenvalue weighted by molar-refractivity contribution is 0.428. The van der Waals surface area contributed by atoms with Crippen molar-refractivity contribution in [2.24, 2.45) is 0 Å². The average molecular weight is 302 g/mol. The van der Waals surface area contributed by atoms with Crippen molar-refractivity contribution in [2.45, 2.75) is 23.1 Å². The van der Waals surface area contributed by atoms with Crippen LogP contribution in [0.25, 0.3) is 0 Å². The Morgan fingerprint density at radius 3 is 2.65 bits per heavy atom. The zero-order valence-corrected chi connectivity index (χ0v) is 13.1. The van der Waals surface area contributed by atoms with E-state index in [4.69, 9.17) is 0 Å². The third-order valence-electron chi connectivity index (χ3n) is 3.15. The van der Waals surface area contributed by atoms with Crippen LogP contribution >= 0.6 is 23.1 Å². The van der Waals surface area contributed by atoms with Crippen LogP contribution in [-0.4, -0.2) is 12.3 Å². The van der Waals surface area contributed by atoms with Crippen LogP contribution < -0.4 is 5.32 Å². The van der Waals surface area contributed by atoms with Gasteiger partial charge in [-0.3, -0.25) is 5.32 Å². The summed E-state index contributed by atoms with van der Waals surface area (Å²) in [6.07, 6.45) is 0.796. The summed E-state index contributed by atoms with van der Waals surface area (Å²) >= 11 is 3.57. The zero-order chi connectivity index (χ0) is 14.3. The molecule has 0 aliphatic carbocycles. The number of hydrogen-bond acceptors (Lipinski definition) is 4. The van der Waals surface area contributed by atoms with E-state index < -0.39 is 5.54 Å². The molecule has 104 valence electrons. The molecule has 0 aliphatic rings. The second kappa shape index (κ2) is 7.49. The predicted molar refractivity (Wildman–Crippen MR) is 87.1 cm³/mol. The van der Waals surface area contributed by atoms with Gasteiger partial charge in [-0.05, 0) is 30.0 Å². The molecule has 4 heteroatoms. The largest absolute Gasteiger partial charge is 0.296 e. The molecule has 0 saturated carbocycles. The molecule has 0 spiro atoms. The monoisotopic (exact) mass is 302 g/mol. The Labute approximate surface area is 128 Å². The summed E-state index contributed by atoms with van der Waals surface area (Å²) in [7, 11) is 0. The van der Waals surface area contributed by atoms with Gasteiger partial charge in [-0.25, -0.2) is 0 Å². The van der Waals surface area contributed by atoms with Crippen molar-refractivity contribution in [3.8, 4) is 6.07 Å². The molecule has 2 rings (SSSR count). The van der Waals surface area contributed by atoms with E-state index in [1.807, 2.05) is 49.0 Å². The van der Waals surface area contributed by atoms with E-state index in [1.165, 1.54) is 4.21 Å². The lowest BCUT2D eigenvalue weighted by atomic mass is 9.88. The van der Waals surface area contributed by atoms with E-state index in [1.54, 1.807) is 11.3 Å². The number of benzene rings is 1. The van der Waals surface area contributed by atoms with Crippen LogP contribution in [0.3, 0.4) is 0 Å². The zero-order valence-electron chi connectivity index (χ0n) is 11.5. The smallest absolute Gasteiger partial charge is 0.133 e. The number of nitrogens with zero attached hydrogens (tertiary/aromatic N) is 1. The van der Waals surface area contributed by atoms with Gasteiger partial charge in [0.15, 0.2) is 0 Å². The molecular formula is C16H18N2S2. The fraction of sp³-hybridized carbons (Fsp3) is 0.312. The number of hydrogen-bond donors (Lipinski definition) is 1. The Hall–Kier alpha value is -1.28. The average Bonchev–Trinajstić information content (AvgIpc) is 3.00. The Morgan fingerprint density at radius 2 is 2.05 bits per heavy atom. The molecule has 20 heavy (non-hydrogen) atoms. The minimum Gasteiger partial charge on any atom is -0.296 e. The highest BCUT2D eigenvalue weighted by molar-refractivity contribution is 8.01.